The molecule has 0 unspecified atom stereocenters. The first-order valence-corrected chi connectivity index (χ1v) is 3.61. The lowest BCUT2D eigenvalue weighted by Crippen LogP contribution is -2.08. The van der Waals surface area contributed by atoms with Crippen LogP contribution in [0.3, 0.4) is 0 Å². The van der Waals surface area contributed by atoms with Gasteiger partial charge in [0.1, 0.15) is 0 Å². The van der Waals surface area contributed by atoms with Crippen molar-refractivity contribution in [1.29, 1.82) is 0 Å². The monoisotopic (exact) mass is 154 g/mol. The van der Waals surface area contributed by atoms with Crippen LogP contribution in [0.1, 0.15) is 24.9 Å². The highest BCUT2D eigenvalue weighted by Gasteiger charge is 2.03. The molecule has 0 aliphatic carbocycles. The van der Waals surface area contributed by atoms with Crippen LogP contribution in [-0.4, -0.2) is 4.98 Å². The zero-order chi connectivity index (χ0) is 8.27. The van der Waals surface area contributed by atoms with Gasteiger partial charge in [-0.1, -0.05) is 6.92 Å². The SMILES string of the molecule is CC[C@@H](N)c1ccnc(F)c1. The van der Waals surface area contributed by atoms with E-state index in [2.05, 4.69) is 4.98 Å². The molecule has 1 rings (SSSR count). The van der Waals surface area contributed by atoms with Crippen LogP contribution in [-0.2, 0) is 0 Å². The molecule has 0 spiro atoms. The van der Waals surface area contributed by atoms with Crippen LogP contribution in [0.2, 0.25) is 0 Å². The van der Waals surface area contributed by atoms with Gasteiger partial charge in [-0.3, -0.25) is 0 Å². The van der Waals surface area contributed by atoms with E-state index in [0.717, 1.165) is 12.0 Å². The summed E-state index contributed by atoms with van der Waals surface area (Å²) in [4.78, 5) is 3.43. The van der Waals surface area contributed by atoms with Crippen molar-refractivity contribution in [2.45, 2.75) is 19.4 Å². The molecule has 11 heavy (non-hydrogen) atoms. The molecule has 2 N–H and O–H groups in total. The molecule has 0 bridgehead atoms. The van der Waals surface area contributed by atoms with Gasteiger partial charge in [-0.15, -0.1) is 0 Å². The number of hydrogen-bond acceptors (Lipinski definition) is 2. The standard InChI is InChI=1S/C8H11FN2/c1-2-7(10)6-3-4-11-8(9)5-6/h3-5,7H,2,10H2,1H3/t7-/m1/s1. The zero-order valence-corrected chi connectivity index (χ0v) is 6.42. The Morgan fingerprint density at radius 3 is 3.00 bits per heavy atom. The molecule has 60 valence electrons. The van der Waals surface area contributed by atoms with E-state index in [1.165, 1.54) is 12.3 Å². The Bertz CT molecular complexity index is 237. The van der Waals surface area contributed by atoms with Crippen LogP contribution < -0.4 is 5.73 Å². The van der Waals surface area contributed by atoms with Gasteiger partial charge in [-0.05, 0) is 24.1 Å². The van der Waals surface area contributed by atoms with Gasteiger partial charge in [0.2, 0.25) is 5.95 Å². The lowest BCUT2D eigenvalue weighted by atomic mass is 10.1. The quantitative estimate of drug-likeness (QED) is 0.657. The number of nitrogens with zero attached hydrogens (tertiary/aromatic N) is 1. The van der Waals surface area contributed by atoms with Gasteiger partial charge in [-0.25, -0.2) is 4.98 Å². The van der Waals surface area contributed by atoms with Crippen LogP contribution in [0, 0.1) is 5.95 Å². The molecule has 0 amide bonds. The van der Waals surface area contributed by atoms with Crippen LogP contribution >= 0.6 is 0 Å². The molecule has 0 aromatic carbocycles. The maximum Gasteiger partial charge on any atom is 0.213 e. The predicted molar refractivity (Wildman–Crippen MR) is 41.4 cm³/mol. The largest absolute Gasteiger partial charge is 0.324 e. The Morgan fingerprint density at radius 2 is 2.45 bits per heavy atom. The minimum absolute atomic E-state index is 0.0764. The molecule has 0 saturated carbocycles. The van der Waals surface area contributed by atoms with Gasteiger partial charge in [0.15, 0.2) is 0 Å². The topological polar surface area (TPSA) is 38.9 Å². The Labute approximate surface area is 65.3 Å². The van der Waals surface area contributed by atoms with Gasteiger partial charge in [-0.2, -0.15) is 4.39 Å². The molecule has 2 nitrogen and oxygen atoms in total. The molecular weight excluding hydrogens is 143 g/mol. The van der Waals surface area contributed by atoms with E-state index in [4.69, 9.17) is 5.73 Å². The summed E-state index contributed by atoms with van der Waals surface area (Å²) >= 11 is 0. The van der Waals surface area contributed by atoms with Crippen molar-refractivity contribution in [3.8, 4) is 0 Å². The first-order chi connectivity index (χ1) is 5.24. The molecule has 0 aliphatic rings. The first-order valence-electron chi connectivity index (χ1n) is 3.61. The second kappa shape index (κ2) is 3.44. The maximum atomic E-state index is 12.5. The van der Waals surface area contributed by atoms with Crippen molar-refractivity contribution >= 4 is 0 Å². The number of nitrogens with two attached hydrogens (primary N) is 1. The summed E-state index contributed by atoms with van der Waals surface area (Å²) < 4.78 is 12.5. The van der Waals surface area contributed by atoms with Crippen LogP contribution in [0.4, 0.5) is 4.39 Å². The molecule has 0 saturated heterocycles. The summed E-state index contributed by atoms with van der Waals surface area (Å²) in [5.74, 6) is -0.466. The summed E-state index contributed by atoms with van der Waals surface area (Å²) in [5, 5.41) is 0. The molecule has 0 radical (unpaired) electrons. The summed E-state index contributed by atoms with van der Waals surface area (Å²) in [6.07, 6.45) is 2.24. The van der Waals surface area contributed by atoms with Crippen LogP contribution in [0.25, 0.3) is 0 Å². The van der Waals surface area contributed by atoms with Gasteiger partial charge in [0, 0.05) is 12.2 Å². The number of rotatable bonds is 2. The van der Waals surface area contributed by atoms with Crippen LogP contribution in [0.15, 0.2) is 18.3 Å². The average Bonchev–Trinajstić information content (AvgIpc) is 2.03. The minimum Gasteiger partial charge on any atom is -0.324 e. The highest BCUT2D eigenvalue weighted by atomic mass is 19.1. The lowest BCUT2D eigenvalue weighted by molar-refractivity contribution is 0.575. The van der Waals surface area contributed by atoms with E-state index >= 15 is 0 Å². The van der Waals surface area contributed by atoms with Crippen LogP contribution in [0.5, 0.6) is 0 Å². The summed E-state index contributed by atoms with van der Waals surface area (Å²) in [7, 11) is 0. The number of pyridine rings is 1. The third kappa shape index (κ3) is 1.98. The smallest absolute Gasteiger partial charge is 0.213 e. The second-order valence-corrected chi connectivity index (χ2v) is 2.43. The third-order valence-corrected chi connectivity index (χ3v) is 1.62. The van der Waals surface area contributed by atoms with Gasteiger partial charge >= 0.3 is 0 Å². The lowest BCUT2D eigenvalue weighted by Gasteiger charge is -2.07. The Morgan fingerprint density at radius 1 is 1.73 bits per heavy atom. The normalized spacial score (nSPS) is 13.0. The molecule has 1 aromatic heterocycles. The maximum absolute atomic E-state index is 12.5. The third-order valence-electron chi connectivity index (χ3n) is 1.62. The average molecular weight is 154 g/mol. The fraction of sp³-hybridized carbons (Fsp3) is 0.375. The van der Waals surface area contributed by atoms with Crippen molar-refractivity contribution in [3.05, 3.63) is 29.8 Å². The van der Waals surface area contributed by atoms with E-state index < -0.39 is 5.95 Å². The van der Waals surface area contributed by atoms with Crippen molar-refractivity contribution in [1.82, 2.24) is 4.98 Å². The predicted octanol–water partition coefficient (Wildman–Crippen LogP) is 1.63. The number of halogens is 1. The Hall–Kier alpha value is -0.960. The van der Waals surface area contributed by atoms with Crippen molar-refractivity contribution in [2.24, 2.45) is 5.73 Å². The summed E-state index contributed by atoms with van der Waals surface area (Å²) in [5.41, 5.74) is 6.47. The fourth-order valence-electron chi connectivity index (χ4n) is 0.884. The van der Waals surface area contributed by atoms with E-state index in [1.807, 2.05) is 6.92 Å². The molecule has 0 aliphatic heterocycles. The fourth-order valence-corrected chi connectivity index (χ4v) is 0.884. The molecule has 0 fully saturated rings. The molecule has 1 aromatic rings. The van der Waals surface area contributed by atoms with Gasteiger partial charge < -0.3 is 5.73 Å². The summed E-state index contributed by atoms with van der Waals surface area (Å²) in [6.45, 7) is 1.96. The van der Waals surface area contributed by atoms with Gasteiger partial charge in [0.25, 0.3) is 0 Å². The summed E-state index contributed by atoms with van der Waals surface area (Å²) in [6, 6.07) is 3.03. The van der Waals surface area contributed by atoms with Crippen molar-refractivity contribution in [3.63, 3.8) is 0 Å². The van der Waals surface area contributed by atoms with Crippen molar-refractivity contribution < 1.29 is 4.39 Å². The van der Waals surface area contributed by atoms with E-state index in [-0.39, 0.29) is 6.04 Å². The number of aromatic nitrogens is 1. The van der Waals surface area contributed by atoms with E-state index in [0.29, 0.717) is 0 Å². The molecule has 1 atom stereocenters. The molecule has 1 heterocycles. The highest BCUT2D eigenvalue weighted by Crippen LogP contribution is 2.12. The minimum atomic E-state index is -0.466. The van der Waals surface area contributed by atoms with Crippen molar-refractivity contribution in [2.75, 3.05) is 0 Å². The zero-order valence-electron chi connectivity index (χ0n) is 6.42. The number of hydrogen-bond donors (Lipinski definition) is 1. The first kappa shape index (κ1) is 8.14. The second-order valence-electron chi connectivity index (χ2n) is 2.43. The molecular formula is C8H11FN2. The Kier molecular flexibility index (Phi) is 2.54. The highest BCUT2D eigenvalue weighted by molar-refractivity contribution is 5.14. The molecule has 3 heteroatoms. The van der Waals surface area contributed by atoms with E-state index in [9.17, 15) is 4.39 Å². The Balaban J connectivity index is 2.86. The van der Waals surface area contributed by atoms with E-state index in [1.54, 1.807) is 6.07 Å². The van der Waals surface area contributed by atoms with Gasteiger partial charge in [0.05, 0.1) is 0 Å².